The molecule has 1 saturated carbocycles. The first-order chi connectivity index (χ1) is 18.0. The van der Waals surface area contributed by atoms with E-state index in [0.29, 0.717) is 6.42 Å². The van der Waals surface area contributed by atoms with Gasteiger partial charge in [-0.25, -0.2) is 0 Å². The van der Waals surface area contributed by atoms with E-state index in [0.717, 1.165) is 110 Å². The zero-order valence-electron chi connectivity index (χ0n) is 24.8. The maximum Gasteiger partial charge on any atom is 0.248 e. The largest absolute Gasteiger partial charge is 0.378 e. The Balaban J connectivity index is 2.70. The number of carbonyl (C=O) groups excluding carboxylic acids is 2. The number of hydrogen-bond donors (Lipinski definition) is 0. The van der Waals surface area contributed by atoms with E-state index >= 15 is 0 Å². The standard InChI is InChI=1S/C30H58N2O5/c1-6-11-16-31(17-12-7-2)29(33)24-36-27-21-26(35-20-15-10-5)22-28(23-27)37-25-30(34)32(18-13-8-3)19-14-9-4/h26-28H,6-25H2,1-5H3/t26?,27-,28+. The van der Waals surface area contributed by atoms with E-state index in [2.05, 4.69) is 34.6 Å². The second kappa shape index (κ2) is 21.7. The van der Waals surface area contributed by atoms with Gasteiger partial charge in [0.15, 0.2) is 0 Å². The zero-order valence-corrected chi connectivity index (χ0v) is 24.8. The molecule has 7 heteroatoms. The van der Waals surface area contributed by atoms with Crippen molar-refractivity contribution in [3.63, 3.8) is 0 Å². The van der Waals surface area contributed by atoms with Gasteiger partial charge < -0.3 is 24.0 Å². The van der Waals surface area contributed by atoms with Crippen LogP contribution in [0.5, 0.6) is 0 Å². The smallest absolute Gasteiger partial charge is 0.248 e. The third kappa shape index (κ3) is 15.1. The Morgan fingerprint density at radius 2 is 0.865 bits per heavy atom. The monoisotopic (exact) mass is 526 g/mol. The highest BCUT2D eigenvalue weighted by Gasteiger charge is 2.32. The summed E-state index contributed by atoms with van der Waals surface area (Å²) in [7, 11) is 0. The Kier molecular flexibility index (Phi) is 19.9. The summed E-state index contributed by atoms with van der Waals surface area (Å²) in [5.74, 6) is 0.150. The van der Waals surface area contributed by atoms with Gasteiger partial charge in [0, 0.05) is 32.8 Å². The lowest BCUT2D eigenvalue weighted by Gasteiger charge is -2.35. The van der Waals surface area contributed by atoms with Crippen LogP contribution in [0.4, 0.5) is 0 Å². The van der Waals surface area contributed by atoms with E-state index in [4.69, 9.17) is 14.2 Å². The van der Waals surface area contributed by atoms with Crippen molar-refractivity contribution in [3.05, 3.63) is 0 Å². The summed E-state index contributed by atoms with van der Waals surface area (Å²) < 4.78 is 18.5. The molecular formula is C30H58N2O5. The second-order valence-corrected chi connectivity index (χ2v) is 10.6. The van der Waals surface area contributed by atoms with E-state index in [1.54, 1.807) is 0 Å². The highest BCUT2D eigenvalue weighted by Crippen LogP contribution is 2.27. The molecular weight excluding hydrogens is 468 g/mol. The normalized spacial score (nSPS) is 19.6. The zero-order chi connectivity index (χ0) is 27.3. The molecule has 0 aliphatic heterocycles. The van der Waals surface area contributed by atoms with E-state index in [1.165, 1.54) is 0 Å². The first-order valence-electron chi connectivity index (χ1n) is 15.4. The van der Waals surface area contributed by atoms with Crippen molar-refractivity contribution in [1.29, 1.82) is 0 Å². The molecule has 0 N–H and O–H groups in total. The Bertz CT molecular complexity index is 528. The molecule has 1 aliphatic rings. The van der Waals surface area contributed by atoms with Crippen molar-refractivity contribution < 1.29 is 23.8 Å². The summed E-state index contributed by atoms with van der Waals surface area (Å²) in [5.41, 5.74) is 0. The van der Waals surface area contributed by atoms with Gasteiger partial charge >= 0.3 is 0 Å². The summed E-state index contributed by atoms with van der Waals surface area (Å²) in [6, 6.07) is 0. The van der Waals surface area contributed by atoms with Crippen LogP contribution in [-0.2, 0) is 23.8 Å². The first kappa shape index (κ1) is 33.8. The number of carbonyl (C=O) groups is 2. The van der Waals surface area contributed by atoms with Gasteiger partial charge in [0.2, 0.25) is 11.8 Å². The first-order valence-corrected chi connectivity index (χ1v) is 15.4. The Morgan fingerprint density at radius 3 is 1.19 bits per heavy atom. The van der Waals surface area contributed by atoms with Crippen LogP contribution in [-0.4, -0.2) is 85.9 Å². The second-order valence-electron chi connectivity index (χ2n) is 10.6. The summed E-state index contributed by atoms with van der Waals surface area (Å²) >= 11 is 0. The molecule has 0 spiro atoms. The molecule has 0 radical (unpaired) electrons. The Morgan fingerprint density at radius 1 is 0.541 bits per heavy atom. The minimum atomic E-state index is -0.0973. The van der Waals surface area contributed by atoms with Gasteiger partial charge in [0.05, 0.1) is 18.3 Å². The molecule has 1 aliphatic carbocycles. The maximum absolute atomic E-state index is 12.9. The van der Waals surface area contributed by atoms with Gasteiger partial charge in [-0.2, -0.15) is 0 Å². The molecule has 0 bridgehead atoms. The van der Waals surface area contributed by atoms with Crippen molar-refractivity contribution in [2.75, 3.05) is 46.0 Å². The number of hydrogen-bond acceptors (Lipinski definition) is 5. The SMILES string of the molecule is CCCCOC1C[C@@H](OCC(=O)N(CCCC)CCCC)C[C@@H](OCC(=O)N(CCCC)CCCC)C1. The van der Waals surface area contributed by atoms with Crippen molar-refractivity contribution >= 4 is 11.8 Å². The summed E-state index contributed by atoms with van der Waals surface area (Å²) in [5, 5.41) is 0. The minimum absolute atomic E-state index is 0.0353. The Labute approximate surface area is 228 Å². The molecule has 37 heavy (non-hydrogen) atoms. The fourth-order valence-electron chi connectivity index (χ4n) is 4.65. The van der Waals surface area contributed by atoms with Crippen LogP contribution in [0.3, 0.4) is 0 Å². The van der Waals surface area contributed by atoms with Crippen LogP contribution in [0.2, 0.25) is 0 Å². The van der Waals surface area contributed by atoms with E-state index in [-0.39, 0.29) is 43.3 Å². The van der Waals surface area contributed by atoms with Crippen LogP contribution in [0.25, 0.3) is 0 Å². The molecule has 0 aromatic carbocycles. The molecule has 0 saturated heterocycles. The number of unbranched alkanes of at least 4 members (excludes halogenated alkanes) is 5. The molecule has 0 heterocycles. The quantitative estimate of drug-likeness (QED) is 0.162. The topological polar surface area (TPSA) is 68.3 Å². The van der Waals surface area contributed by atoms with Gasteiger partial charge in [-0.1, -0.05) is 66.7 Å². The third-order valence-corrected chi connectivity index (χ3v) is 7.15. The highest BCUT2D eigenvalue weighted by molar-refractivity contribution is 5.77. The molecule has 0 aromatic rings. The Hall–Kier alpha value is -1.18. The predicted octanol–water partition coefficient (Wildman–Crippen LogP) is 5.98. The number of ether oxygens (including phenoxy) is 3. The molecule has 2 amide bonds. The van der Waals surface area contributed by atoms with Crippen molar-refractivity contribution in [3.8, 4) is 0 Å². The van der Waals surface area contributed by atoms with Crippen LogP contribution >= 0.6 is 0 Å². The molecule has 3 atom stereocenters. The van der Waals surface area contributed by atoms with Crippen LogP contribution < -0.4 is 0 Å². The minimum Gasteiger partial charge on any atom is -0.378 e. The lowest BCUT2D eigenvalue weighted by atomic mass is 9.92. The van der Waals surface area contributed by atoms with Crippen molar-refractivity contribution in [2.45, 2.75) is 136 Å². The van der Waals surface area contributed by atoms with Gasteiger partial charge in [-0.05, 0) is 51.4 Å². The lowest BCUT2D eigenvalue weighted by molar-refractivity contribution is -0.149. The van der Waals surface area contributed by atoms with Gasteiger partial charge in [-0.3, -0.25) is 9.59 Å². The average molecular weight is 527 g/mol. The van der Waals surface area contributed by atoms with Crippen LogP contribution in [0, 0.1) is 0 Å². The fourth-order valence-corrected chi connectivity index (χ4v) is 4.65. The number of rotatable bonds is 22. The van der Waals surface area contributed by atoms with Crippen molar-refractivity contribution in [2.24, 2.45) is 0 Å². The summed E-state index contributed by atoms with van der Waals surface area (Å²) in [6.45, 7) is 14.9. The van der Waals surface area contributed by atoms with E-state index in [9.17, 15) is 9.59 Å². The number of nitrogens with zero attached hydrogens (tertiary/aromatic N) is 2. The lowest BCUT2D eigenvalue weighted by Crippen LogP contribution is -2.42. The molecule has 7 nitrogen and oxygen atoms in total. The van der Waals surface area contributed by atoms with Gasteiger partial charge in [0.1, 0.15) is 13.2 Å². The molecule has 218 valence electrons. The molecule has 1 fully saturated rings. The summed E-state index contributed by atoms with van der Waals surface area (Å²) in [4.78, 5) is 29.8. The molecule has 1 rings (SSSR count). The van der Waals surface area contributed by atoms with Crippen molar-refractivity contribution in [1.82, 2.24) is 9.80 Å². The van der Waals surface area contributed by atoms with Crippen LogP contribution in [0.1, 0.15) is 118 Å². The fraction of sp³-hybridized carbons (Fsp3) is 0.933. The van der Waals surface area contributed by atoms with E-state index in [1.807, 2.05) is 9.80 Å². The average Bonchev–Trinajstić information content (AvgIpc) is 2.90. The van der Waals surface area contributed by atoms with Gasteiger partial charge in [-0.15, -0.1) is 0 Å². The van der Waals surface area contributed by atoms with Crippen LogP contribution in [0.15, 0.2) is 0 Å². The molecule has 1 unspecified atom stereocenters. The third-order valence-electron chi connectivity index (χ3n) is 7.15. The predicted molar refractivity (Wildman–Crippen MR) is 151 cm³/mol. The highest BCUT2D eigenvalue weighted by atomic mass is 16.5. The maximum atomic E-state index is 12.9. The molecule has 0 aromatic heterocycles. The van der Waals surface area contributed by atoms with E-state index < -0.39 is 0 Å². The van der Waals surface area contributed by atoms with Gasteiger partial charge in [0.25, 0.3) is 0 Å². The number of amides is 2. The summed E-state index contributed by atoms with van der Waals surface area (Å²) in [6.07, 6.45) is 12.6.